The zero-order chi connectivity index (χ0) is 27.2. The quantitative estimate of drug-likeness (QED) is 0.324. The first-order valence-electron chi connectivity index (χ1n) is 12.8. The van der Waals surface area contributed by atoms with Crippen molar-refractivity contribution in [1.29, 1.82) is 0 Å². The molecule has 0 radical (unpaired) electrons. The van der Waals surface area contributed by atoms with Crippen LogP contribution in [0.25, 0.3) is 6.08 Å². The predicted octanol–water partition coefficient (Wildman–Crippen LogP) is 5.61. The number of esters is 1. The molecule has 8 heteroatoms. The van der Waals surface area contributed by atoms with E-state index in [2.05, 4.69) is 10.3 Å². The number of nitrogens with one attached hydrogen (secondary N) is 1. The molecule has 38 heavy (non-hydrogen) atoms. The van der Waals surface area contributed by atoms with Gasteiger partial charge in [0.15, 0.2) is 5.69 Å². The van der Waals surface area contributed by atoms with Gasteiger partial charge in [-0.3, -0.25) is 9.59 Å². The minimum atomic E-state index is -0.590. The normalized spacial score (nSPS) is 14.4. The van der Waals surface area contributed by atoms with Crippen molar-refractivity contribution in [2.45, 2.75) is 52.6 Å². The standard InChI is InChI=1S/C30H33N3O5/c1-19(2)37-30(36)27-26(6-5-15-31-27)29(35)33-16-13-23(14-17-33)22-8-10-24(11-9-22)32-28(34)20(3)18-25-12-7-21(4)38-25/h5-12,15,18-19,23H,13-14,16-17H2,1-4H3,(H,32,34)/b20-18+. The first-order chi connectivity index (χ1) is 18.2. The summed E-state index contributed by atoms with van der Waals surface area (Å²) >= 11 is 0. The lowest BCUT2D eigenvalue weighted by atomic mass is 9.89. The monoisotopic (exact) mass is 515 g/mol. The van der Waals surface area contributed by atoms with Crippen LogP contribution in [0.15, 0.2) is 64.7 Å². The van der Waals surface area contributed by atoms with Crippen LogP contribution in [-0.4, -0.2) is 46.9 Å². The van der Waals surface area contributed by atoms with Crippen molar-refractivity contribution in [1.82, 2.24) is 9.88 Å². The molecule has 0 spiro atoms. The number of amides is 2. The van der Waals surface area contributed by atoms with Crippen LogP contribution < -0.4 is 5.32 Å². The Morgan fingerprint density at radius 1 is 1.08 bits per heavy atom. The molecular weight excluding hydrogens is 482 g/mol. The van der Waals surface area contributed by atoms with Gasteiger partial charge in [-0.05, 0) is 94.5 Å². The van der Waals surface area contributed by atoms with E-state index < -0.39 is 5.97 Å². The van der Waals surface area contributed by atoms with Crippen molar-refractivity contribution in [3.8, 4) is 0 Å². The molecule has 4 rings (SSSR count). The number of pyridine rings is 1. The second-order valence-corrected chi connectivity index (χ2v) is 9.77. The van der Waals surface area contributed by atoms with Gasteiger partial charge >= 0.3 is 5.97 Å². The number of benzene rings is 1. The Hall–Kier alpha value is -4.20. The van der Waals surface area contributed by atoms with E-state index in [4.69, 9.17) is 9.15 Å². The maximum Gasteiger partial charge on any atom is 0.358 e. The molecule has 3 aromatic rings. The molecule has 0 aliphatic carbocycles. The number of anilines is 1. The molecule has 1 saturated heterocycles. The van der Waals surface area contributed by atoms with Crippen molar-refractivity contribution in [3.63, 3.8) is 0 Å². The second kappa shape index (κ2) is 11.9. The SMILES string of the molecule is C/C(=C\c1ccc(C)o1)C(=O)Nc1ccc(C2CCN(C(=O)c3cccnc3C(=O)OC(C)C)CC2)cc1. The molecule has 1 fully saturated rings. The predicted molar refractivity (Wildman–Crippen MR) is 145 cm³/mol. The fourth-order valence-corrected chi connectivity index (χ4v) is 4.47. The van der Waals surface area contributed by atoms with Crippen molar-refractivity contribution in [2.75, 3.05) is 18.4 Å². The van der Waals surface area contributed by atoms with Gasteiger partial charge in [0.25, 0.3) is 11.8 Å². The molecule has 198 valence electrons. The summed E-state index contributed by atoms with van der Waals surface area (Å²) in [5.74, 6) is 0.748. The highest BCUT2D eigenvalue weighted by molar-refractivity contribution is 6.06. The van der Waals surface area contributed by atoms with E-state index in [0.717, 1.165) is 24.2 Å². The van der Waals surface area contributed by atoms with E-state index in [0.29, 0.717) is 36.0 Å². The maximum absolute atomic E-state index is 13.2. The number of carbonyl (C=O) groups is 3. The van der Waals surface area contributed by atoms with Crippen molar-refractivity contribution < 1.29 is 23.5 Å². The lowest BCUT2D eigenvalue weighted by Gasteiger charge is -2.32. The first kappa shape index (κ1) is 26.9. The number of piperidine rings is 1. The highest BCUT2D eigenvalue weighted by atomic mass is 16.5. The van der Waals surface area contributed by atoms with E-state index >= 15 is 0 Å². The van der Waals surface area contributed by atoms with Crippen LogP contribution in [0, 0.1) is 6.92 Å². The average molecular weight is 516 g/mol. The summed E-state index contributed by atoms with van der Waals surface area (Å²) in [6.45, 7) is 8.28. The summed E-state index contributed by atoms with van der Waals surface area (Å²) in [5, 5.41) is 2.92. The van der Waals surface area contributed by atoms with E-state index in [1.165, 1.54) is 6.20 Å². The minimum absolute atomic E-state index is 0.0512. The molecule has 0 atom stereocenters. The molecule has 1 aromatic carbocycles. The van der Waals surface area contributed by atoms with E-state index in [9.17, 15) is 14.4 Å². The number of nitrogens with zero attached hydrogens (tertiary/aromatic N) is 2. The van der Waals surface area contributed by atoms with Crippen molar-refractivity contribution in [3.05, 3.63) is 88.6 Å². The van der Waals surface area contributed by atoms with Crippen molar-refractivity contribution in [2.24, 2.45) is 0 Å². The van der Waals surface area contributed by atoms with Crippen LogP contribution in [0.2, 0.25) is 0 Å². The number of ether oxygens (including phenoxy) is 1. The second-order valence-electron chi connectivity index (χ2n) is 9.77. The van der Waals surface area contributed by atoms with Gasteiger partial charge in [0, 0.05) is 30.5 Å². The molecule has 0 bridgehead atoms. The number of likely N-dealkylation sites (tertiary alicyclic amines) is 1. The number of carbonyl (C=O) groups excluding carboxylic acids is 3. The fraction of sp³-hybridized carbons (Fsp3) is 0.333. The lowest BCUT2D eigenvalue weighted by molar-refractivity contribution is -0.112. The molecule has 2 amide bonds. The maximum atomic E-state index is 13.2. The third kappa shape index (κ3) is 6.56. The van der Waals surface area contributed by atoms with Gasteiger partial charge in [-0.2, -0.15) is 0 Å². The van der Waals surface area contributed by atoms with Crippen LogP contribution in [0.1, 0.15) is 77.5 Å². The third-order valence-electron chi connectivity index (χ3n) is 6.47. The van der Waals surface area contributed by atoms with Crippen LogP contribution in [0.3, 0.4) is 0 Å². The number of hydrogen-bond donors (Lipinski definition) is 1. The summed E-state index contributed by atoms with van der Waals surface area (Å²) in [4.78, 5) is 44.1. The molecule has 2 aromatic heterocycles. The summed E-state index contributed by atoms with van der Waals surface area (Å²) in [7, 11) is 0. The number of aromatic nitrogens is 1. The summed E-state index contributed by atoms with van der Waals surface area (Å²) in [6, 6.07) is 14.8. The Labute approximate surface area is 222 Å². The molecule has 3 heterocycles. The highest BCUT2D eigenvalue weighted by Crippen LogP contribution is 2.30. The molecule has 0 saturated carbocycles. The number of rotatable bonds is 7. The Kier molecular flexibility index (Phi) is 8.41. The van der Waals surface area contributed by atoms with Crippen LogP contribution in [0.4, 0.5) is 5.69 Å². The Morgan fingerprint density at radius 2 is 1.79 bits per heavy atom. The number of aryl methyl sites for hydroxylation is 1. The molecule has 1 aliphatic rings. The summed E-state index contributed by atoms with van der Waals surface area (Å²) < 4.78 is 10.8. The van der Waals surface area contributed by atoms with Gasteiger partial charge in [0.1, 0.15) is 11.5 Å². The third-order valence-corrected chi connectivity index (χ3v) is 6.47. The molecule has 1 N–H and O–H groups in total. The zero-order valence-electron chi connectivity index (χ0n) is 22.2. The first-order valence-corrected chi connectivity index (χ1v) is 12.8. The van der Waals surface area contributed by atoms with Gasteiger partial charge in [0.2, 0.25) is 0 Å². The topological polar surface area (TPSA) is 102 Å². The minimum Gasteiger partial charge on any atom is -0.462 e. The average Bonchev–Trinajstić information content (AvgIpc) is 3.32. The van der Waals surface area contributed by atoms with Gasteiger partial charge in [-0.15, -0.1) is 0 Å². The Bertz CT molecular complexity index is 1330. The van der Waals surface area contributed by atoms with Gasteiger partial charge in [-0.1, -0.05) is 12.1 Å². The molecule has 8 nitrogen and oxygen atoms in total. The summed E-state index contributed by atoms with van der Waals surface area (Å²) in [5.41, 5.74) is 2.75. The van der Waals surface area contributed by atoms with Crippen LogP contribution >= 0.6 is 0 Å². The molecule has 0 unspecified atom stereocenters. The largest absolute Gasteiger partial charge is 0.462 e. The smallest absolute Gasteiger partial charge is 0.358 e. The molecular formula is C30H33N3O5. The van der Waals surface area contributed by atoms with E-state index in [1.807, 2.05) is 43.3 Å². The zero-order valence-corrected chi connectivity index (χ0v) is 22.2. The Balaban J connectivity index is 1.34. The fourth-order valence-electron chi connectivity index (χ4n) is 4.47. The van der Waals surface area contributed by atoms with Gasteiger partial charge in [0.05, 0.1) is 11.7 Å². The van der Waals surface area contributed by atoms with Gasteiger partial charge < -0.3 is 19.4 Å². The number of furan rings is 1. The highest BCUT2D eigenvalue weighted by Gasteiger charge is 2.28. The number of hydrogen-bond acceptors (Lipinski definition) is 6. The van der Waals surface area contributed by atoms with E-state index in [-0.39, 0.29) is 29.2 Å². The summed E-state index contributed by atoms with van der Waals surface area (Å²) in [6.07, 6.45) is 4.51. The van der Waals surface area contributed by atoms with E-state index in [1.54, 1.807) is 43.9 Å². The molecule has 1 aliphatic heterocycles. The van der Waals surface area contributed by atoms with Crippen LogP contribution in [0.5, 0.6) is 0 Å². The van der Waals surface area contributed by atoms with Gasteiger partial charge in [-0.25, -0.2) is 9.78 Å². The van der Waals surface area contributed by atoms with Crippen LogP contribution in [-0.2, 0) is 9.53 Å². The Morgan fingerprint density at radius 3 is 2.42 bits per heavy atom. The van der Waals surface area contributed by atoms with Crippen molar-refractivity contribution >= 4 is 29.5 Å². The lowest BCUT2D eigenvalue weighted by Crippen LogP contribution is -2.38.